The van der Waals surface area contributed by atoms with Crippen LogP contribution in [0, 0.1) is 0 Å². The molecule has 0 fully saturated rings. The van der Waals surface area contributed by atoms with Gasteiger partial charge >= 0.3 is 5.97 Å². The summed E-state index contributed by atoms with van der Waals surface area (Å²) >= 11 is 0. The summed E-state index contributed by atoms with van der Waals surface area (Å²) in [4.78, 5) is 23.3. The Balaban J connectivity index is 1.91. The third-order valence-corrected chi connectivity index (χ3v) is 3.55. The molecule has 26 heavy (non-hydrogen) atoms. The normalized spacial score (nSPS) is 9.96. The average molecular weight is 359 g/mol. The topological polar surface area (TPSA) is 83.1 Å². The van der Waals surface area contributed by atoms with E-state index in [9.17, 15) is 9.59 Å². The van der Waals surface area contributed by atoms with Crippen LogP contribution < -0.4 is 19.5 Å². The summed E-state index contributed by atoms with van der Waals surface area (Å²) in [6, 6.07) is 12.0. The van der Waals surface area contributed by atoms with Crippen molar-refractivity contribution in [3.05, 3.63) is 48.0 Å². The van der Waals surface area contributed by atoms with Crippen molar-refractivity contribution in [1.82, 2.24) is 0 Å². The Morgan fingerprint density at radius 3 is 2.23 bits per heavy atom. The van der Waals surface area contributed by atoms with Crippen LogP contribution in [0.3, 0.4) is 0 Å². The molecule has 0 aromatic heterocycles. The second kappa shape index (κ2) is 9.31. The lowest BCUT2D eigenvalue weighted by atomic mass is 10.1. The van der Waals surface area contributed by atoms with Crippen LogP contribution in [0.15, 0.2) is 42.5 Å². The molecule has 0 bridgehead atoms. The van der Waals surface area contributed by atoms with Crippen molar-refractivity contribution in [2.24, 2.45) is 0 Å². The minimum Gasteiger partial charge on any atom is -0.497 e. The smallest absolute Gasteiger partial charge is 0.309 e. The van der Waals surface area contributed by atoms with Gasteiger partial charge in [0, 0.05) is 6.07 Å². The molecule has 0 aliphatic heterocycles. The van der Waals surface area contributed by atoms with E-state index in [4.69, 9.17) is 14.2 Å². The van der Waals surface area contributed by atoms with Crippen LogP contribution in [0.1, 0.15) is 5.56 Å². The van der Waals surface area contributed by atoms with E-state index in [2.05, 4.69) is 10.1 Å². The third-order valence-electron chi connectivity index (χ3n) is 3.55. The Kier molecular flexibility index (Phi) is 6.84. The number of carbonyl (C=O) groups is 2. The maximum Gasteiger partial charge on any atom is 0.309 e. The molecular formula is C19H21NO6. The summed E-state index contributed by atoms with van der Waals surface area (Å²) in [5.74, 6) is 0.987. The van der Waals surface area contributed by atoms with Gasteiger partial charge in [0.15, 0.2) is 6.61 Å². The Hall–Kier alpha value is -3.22. The molecule has 2 aromatic rings. The molecule has 2 rings (SSSR count). The highest BCUT2D eigenvalue weighted by atomic mass is 16.5. The maximum absolute atomic E-state index is 12.1. The van der Waals surface area contributed by atoms with E-state index in [-0.39, 0.29) is 24.9 Å². The summed E-state index contributed by atoms with van der Waals surface area (Å²) in [7, 11) is 4.40. The van der Waals surface area contributed by atoms with Gasteiger partial charge in [0.05, 0.1) is 33.4 Å². The van der Waals surface area contributed by atoms with Crippen molar-refractivity contribution >= 4 is 17.6 Å². The second-order valence-electron chi connectivity index (χ2n) is 5.30. The number of methoxy groups -OCH3 is 3. The highest BCUT2D eigenvalue weighted by molar-refractivity contribution is 5.93. The Morgan fingerprint density at radius 2 is 1.62 bits per heavy atom. The van der Waals surface area contributed by atoms with E-state index in [1.54, 1.807) is 49.6 Å². The molecule has 1 N–H and O–H groups in total. The van der Waals surface area contributed by atoms with E-state index in [0.29, 0.717) is 22.9 Å². The number of esters is 1. The van der Waals surface area contributed by atoms with E-state index in [1.807, 2.05) is 0 Å². The van der Waals surface area contributed by atoms with Gasteiger partial charge in [-0.3, -0.25) is 9.59 Å². The quantitative estimate of drug-likeness (QED) is 0.729. The number of nitrogens with one attached hydrogen (secondary N) is 1. The third kappa shape index (κ3) is 5.41. The highest BCUT2D eigenvalue weighted by Crippen LogP contribution is 2.28. The molecule has 0 aliphatic carbocycles. The van der Waals surface area contributed by atoms with Crippen LogP contribution >= 0.6 is 0 Å². The zero-order chi connectivity index (χ0) is 18.9. The average Bonchev–Trinajstić information content (AvgIpc) is 2.67. The van der Waals surface area contributed by atoms with Crippen LogP contribution in [0.25, 0.3) is 0 Å². The van der Waals surface area contributed by atoms with Crippen molar-refractivity contribution in [1.29, 1.82) is 0 Å². The van der Waals surface area contributed by atoms with Crippen LogP contribution in [0.5, 0.6) is 17.2 Å². The van der Waals surface area contributed by atoms with Crippen molar-refractivity contribution < 1.29 is 28.5 Å². The molecule has 0 atom stereocenters. The molecule has 1 amide bonds. The lowest BCUT2D eigenvalue weighted by molar-refractivity contribution is -0.139. The molecule has 0 unspecified atom stereocenters. The van der Waals surface area contributed by atoms with Gasteiger partial charge in [0.25, 0.3) is 5.91 Å². The van der Waals surface area contributed by atoms with Gasteiger partial charge in [-0.15, -0.1) is 0 Å². The predicted octanol–water partition coefficient (Wildman–Crippen LogP) is 2.44. The van der Waals surface area contributed by atoms with Gasteiger partial charge in [-0.1, -0.05) is 12.1 Å². The first-order chi connectivity index (χ1) is 12.5. The molecule has 0 aliphatic rings. The SMILES string of the molecule is COC(=O)Cc1ccc(OCC(=O)Nc2cc(OC)ccc2OC)cc1. The maximum atomic E-state index is 12.1. The Labute approximate surface area is 151 Å². The predicted molar refractivity (Wildman–Crippen MR) is 95.8 cm³/mol. The van der Waals surface area contributed by atoms with Crippen LogP contribution in [0.4, 0.5) is 5.69 Å². The minimum absolute atomic E-state index is 0.170. The standard InChI is InChI=1S/C19H21NO6/c1-23-15-8-9-17(24-2)16(11-15)20-18(21)12-26-14-6-4-13(5-7-14)10-19(22)25-3/h4-9,11H,10,12H2,1-3H3,(H,20,21). The molecule has 0 radical (unpaired) electrons. The van der Waals surface area contributed by atoms with Crippen LogP contribution in [0.2, 0.25) is 0 Å². The largest absolute Gasteiger partial charge is 0.497 e. The molecule has 0 saturated heterocycles. The molecule has 0 spiro atoms. The van der Waals surface area contributed by atoms with E-state index < -0.39 is 0 Å². The molecule has 0 saturated carbocycles. The van der Waals surface area contributed by atoms with Crippen LogP contribution in [-0.4, -0.2) is 39.8 Å². The molecule has 138 valence electrons. The van der Waals surface area contributed by atoms with Gasteiger partial charge in [-0.25, -0.2) is 0 Å². The first-order valence-corrected chi connectivity index (χ1v) is 7.86. The van der Waals surface area contributed by atoms with Crippen molar-refractivity contribution in [3.63, 3.8) is 0 Å². The van der Waals surface area contributed by atoms with Crippen molar-refractivity contribution in [3.8, 4) is 17.2 Å². The number of benzene rings is 2. The molecule has 7 nitrogen and oxygen atoms in total. The fraction of sp³-hybridized carbons (Fsp3) is 0.263. The second-order valence-corrected chi connectivity index (χ2v) is 5.30. The Bertz CT molecular complexity index is 757. The first-order valence-electron chi connectivity index (χ1n) is 7.86. The molecular weight excluding hydrogens is 338 g/mol. The summed E-state index contributed by atoms with van der Waals surface area (Å²) < 4.78 is 20.4. The van der Waals surface area contributed by atoms with Gasteiger partial charge in [-0.2, -0.15) is 0 Å². The van der Waals surface area contributed by atoms with E-state index >= 15 is 0 Å². The summed E-state index contributed by atoms with van der Waals surface area (Å²) in [6.45, 7) is -0.170. The molecule has 2 aromatic carbocycles. The zero-order valence-electron chi connectivity index (χ0n) is 14.9. The van der Waals surface area contributed by atoms with Crippen LogP contribution in [-0.2, 0) is 20.7 Å². The monoisotopic (exact) mass is 359 g/mol. The van der Waals surface area contributed by atoms with Gasteiger partial charge in [-0.05, 0) is 29.8 Å². The lowest BCUT2D eigenvalue weighted by Crippen LogP contribution is -2.20. The first kappa shape index (κ1) is 19.1. The number of ether oxygens (including phenoxy) is 4. The molecule has 0 heterocycles. The summed E-state index contributed by atoms with van der Waals surface area (Å²) in [6.07, 6.45) is 0.187. The Morgan fingerprint density at radius 1 is 0.923 bits per heavy atom. The summed E-state index contributed by atoms with van der Waals surface area (Å²) in [5.41, 5.74) is 1.30. The molecule has 7 heteroatoms. The fourth-order valence-corrected chi connectivity index (χ4v) is 2.19. The highest BCUT2D eigenvalue weighted by Gasteiger charge is 2.10. The minimum atomic E-state index is -0.338. The number of hydrogen-bond donors (Lipinski definition) is 1. The summed E-state index contributed by atoms with van der Waals surface area (Å²) in [5, 5.41) is 2.72. The van der Waals surface area contributed by atoms with E-state index in [0.717, 1.165) is 5.56 Å². The zero-order valence-corrected chi connectivity index (χ0v) is 14.9. The number of hydrogen-bond acceptors (Lipinski definition) is 6. The number of amides is 1. The van der Waals surface area contributed by atoms with Crippen molar-refractivity contribution in [2.45, 2.75) is 6.42 Å². The van der Waals surface area contributed by atoms with E-state index in [1.165, 1.54) is 14.2 Å². The number of carbonyl (C=O) groups excluding carboxylic acids is 2. The van der Waals surface area contributed by atoms with Crippen molar-refractivity contribution in [2.75, 3.05) is 33.3 Å². The number of anilines is 1. The van der Waals surface area contributed by atoms with Gasteiger partial charge in [0.2, 0.25) is 0 Å². The fourth-order valence-electron chi connectivity index (χ4n) is 2.19. The lowest BCUT2D eigenvalue weighted by Gasteiger charge is -2.12. The number of rotatable bonds is 8. The van der Waals surface area contributed by atoms with Gasteiger partial charge < -0.3 is 24.3 Å². The van der Waals surface area contributed by atoms with Gasteiger partial charge in [0.1, 0.15) is 17.2 Å².